The van der Waals surface area contributed by atoms with Gasteiger partial charge in [0.15, 0.2) is 0 Å². The van der Waals surface area contributed by atoms with Crippen molar-refractivity contribution >= 4 is 5.97 Å². The van der Waals surface area contributed by atoms with Crippen LogP contribution in [0.1, 0.15) is 39.5 Å². The maximum Gasteiger partial charge on any atom is 0.303 e. The van der Waals surface area contributed by atoms with Crippen molar-refractivity contribution in [3.8, 4) is 0 Å². The van der Waals surface area contributed by atoms with E-state index < -0.39 is 5.97 Å². The van der Waals surface area contributed by atoms with Crippen molar-refractivity contribution in [1.29, 1.82) is 0 Å². The average molecular weight is 229 g/mol. The van der Waals surface area contributed by atoms with E-state index in [9.17, 15) is 4.79 Å². The van der Waals surface area contributed by atoms with Crippen molar-refractivity contribution < 1.29 is 14.6 Å². The molecule has 0 aromatic heterocycles. The van der Waals surface area contributed by atoms with E-state index in [0.29, 0.717) is 19.1 Å². The van der Waals surface area contributed by atoms with Gasteiger partial charge in [0.25, 0.3) is 0 Å². The van der Waals surface area contributed by atoms with Crippen LogP contribution in [0.4, 0.5) is 0 Å². The highest BCUT2D eigenvalue weighted by molar-refractivity contribution is 5.66. The van der Waals surface area contributed by atoms with Gasteiger partial charge in [-0.05, 0) is 19.3 Å². The topological polar surface area (TPSA) is 49.8 Å². The van der Waals surface area contributed by atoms with E-state index in [4.69, 9.17) is 9.84 Å². The molecule has 16 heavy (non-hydrogen) atoms. The highest BCUT2D eigenvalue weighted by atomic mass is 16.5. The van der Waals surface area contributed by atoms with Gasteiger partial charge in [0.2, 0.25) is 0 Å². The van der Waals surface area contributed by atoms with E-state index in [1.54, 1.807) is 0 Å². The number of morpholine rings is 1. The Morgan fingerprint density at radius 2 is 2.19 bits per heavy atom. The Labute approximate surface area is 97.6 Å². The molecule has 0 aliphatic carbocycles. The first kappa shape index (κ1) is 13.5. The minimum Gasteiger partial charge on any atom is -0.481 e. The molecule has 1 saturated heterocycles. The van der Waals surface area contributed by atoms with Crippen LogP contribution >= 0.6 is 0 Å². The van der Waals surface area contributed by atoms with Crippen LogP contribution in [0.3, 0.4) is 0 Å². The molecule has 0 saturated carbocycles. The summed E-state index contributed by atoms with van der Waals surface area (Å²) in [5, 5.41) is 8.72. The zero-order valence-electron chi connectivity index (χ0n) is 10.3. The van der Waals surface area contributed by atoms with Crippen molar-refractivity contribution in [2.45, 2.75) is 51.6 Å². The maximum absolute atomic E-state index is 10.6. The summed E-state index contributed by atoms with van der Waals surface area (Å²) < 4.78 is 5.45. The highest BCUT2D eigenvalue weighted by Crippen LogP contribution is 2.19. The van der Waals surface area contributed by atoms with Gasteiger partial charge in [0, 0.05) is 25.0 Å². The highest BCUT2D eigenvalue weighted by Gasteiger charge is 2.27. The minimum atomic E-state index is -0.713. The van der Waals surface area contributed by atoms with E-state index in [0.717, 1.165) is 26.0 Å². The van der Waals surface area contributed by atoms with Crippen LogP contribution in [0.5, 0.6) is 0 Å². The van der Waals surface area contributed by atoms with Crippen LogP contribution in [0.15, 0.2) is 0 Å². The van der Waals surface area contributed by atoms with Crippen molar-refractivity contribution in [1.82, 2.24) is 4.90 Å². The lowest BCUT2D eigenvalue weighted by atomic mass is 10.0. The van der Waals surface area contributed by atoms with Gasteiger partial charge in [-0.1, -0.05) is 13.8 Å². The average Bonchev–Trinajstić information content (AvgIpc) is 2.29. The fourth-order valence-corrected chi connectivity index (χ4v) is 2.45. The lowest BCUT2D eigenvalue weighted by molar-refractivity contribution is -0.138. The molecule has 1 aliphatic rings. The smallest absolute Gasteiger partial charge is 0.303 e. The zero-order valence-corrected chi connectivity index (χ0v) is 10.3. The molecule has 1 atom stereocenters. The van der Waals surface area contributed by atoms with Gasteiger partial charge >= 0.3 is 5.97 Å². The first-order valence-corrected chi connectivity index (χ1v) is 6.24. The van der Waals surface area contributed by atoms with Gasteiger partial charge in [-0.25, -0.2) is 0 Å². The summed E-state index contributed by atoms with van der Waals surface area (Å²) in [5.41, 5.74) is 0. The molecule has 1 heterocycles. The van der Waals surface area contributed by atoms with E-state index in [1.807, 2.05) is 0 Å². The lowest BCUT2D eigenvalue weighted by Gasteiger charge is -2.40. The Morgan fingerprint density at radius 3 is 2.75 bits per heavy atom. The molecule has 0 radical (unpaired) electrons. The first-order valence-electron chi connectivity index (χ1n) is 6.24. The summed E-state index contributed by atoms with van der Waals surface area (Å²) >= 11 is 0. The van der Waals surface area contributed by atoms with Gasteiger partial charge in [0.05, 0.1) is 13.2 Å². The van der Waals surface area contributed by atoms with Gasteiger partial charge < -0.3 is 9.84 Å². The Hall–Kier alpha value is -0.610. The molecule has 94 valence electrons. The van der Waals surface area contributed by atoms with Gasteiger partial charge in [0.1, 0.15) is 0 Å². The van der Waals surface area contributed by atoms with Gasteiger partial charge in [-0.15, -0.1) is 0 Å². The Morgan fingerprint density at radius 1 is 1.50 bits per heavy atom. The molecule has 0 aromatic carbocycles. The summed E-state index contributed by atoms with van der Waals surface area (Å²) in [7, 11) is 0. The summed E-state index contributed by atoms with van der Waals surface area (Å²) in [6.07, 6.45) is 3.19. The molecule has 0 unspecified atom stereocenters. The van der Waals surface area contributed by atoms with Crippen molar-refractivity contribution in [3.63, 3.8) is 0 Å². The number of carboxylic acids is 1. The fourth-order valence-electron chi connectivity index (χ4n) is 2.45. The Balaban J connectivity index is 2.52. The van der Waals surface area contributed by atoms with Gasteiger partial charge in [-0.3, -0.25) is 9.69 Å². The van der Waals surface area contributed by atoms with Crippen molar-refractivity contribution in [2.24, 2.45) is 0 Å². The van der Waals surface area contributed by atoms with Crippen LogP contribution < -0.4 is 0 Å². The molecule has 4 nitrogen and oxygen atoms in total. The number of ether oxygens (including phenoxy) is 1. The summed E-state index contributed by atoms with van der Waals surface area (Å²) in [6, 6.07) is 0.859. The number of hydrogen-bond donors (Lipinski definition) is 1. The molecule has 4 heteroatoms. The number of rotatable bonds is 6. The SMILES string of the molecule is CCC(CC)N1CCOC[C@@H]1CCC(=O)O. The Bertz CT molecular complexity index is 216. The van der Waals surface area contributed by atoms with E-state index in [1.165, 1.54) is 0 Å². The largest absolute Gasteiger partial charge is 0.481 e. The fraction of sp³-hybridized carbons (Fsp3) is 0.917. The third-order valence-electron chi connectivity index (χ3n) is 3.38. The minimum absolute atomic E-state index is 0.241. The molecule has 0 bridgehead atoms. The van der Waals surface area contributed by atoms with Crippen molar-refractivity contribution in [3.05, 3.63) is 0 Å². The normalized spacial score (nSPS) is 22.6. The predicted octanol–water partition coefficient (Wildman–Crippen LogP) is 1.74. The monoisotopic (exact) mass is 229 g/mol. The predicted molar refractivity (Wildman–Crippen MR) is 62.6 cm³/mol. The molecule has 0 aromatic rings. The quantitative estimate of drug-likeness (QED) is 0.753. The lowest BCUT2D eigenvalue weighted by Crippen LogP contribution is -2.50. The van der Waals surface area contributed by atoms with Crippen LogP contribution in [0.25, 0.3) is 0 Å². The molecular formula is C12H23NO3. The van der Waals surface area contributed by atoms with E-state index in [2.05, 4.69) is 18.7 Å². The number of nitrogens with zero attached hydrogens (tertiary/aromatic N) is 1. The summed E-state index contributed by atoms with van der Waals surface area (Å²) in [6.45, 7) is 6.79. The second kappa shape index (κ2) is 6.86. The molecule has 1 N–H and O–H groups in total. The van der Waals surface area contributed by atoms with E-state index in [-0.39, 0.29) is 12.5 Å². The second-order valence-corrected chi connectivity index (χ2v) is 4.37. The Kier molecular flexibility index (Phi) is 5.77. The number of hydrogen-bond acceptors (Lipinski definition) is 3. The second-order valence-electron chi connectivity index (χ2n) is 4.37. The van der Waals surface area contributed by atoms with Crippen LogP contribution in [0, 0.1) is 0 Å². The summed E-state index contributed by atoms with van der Waals surface area (Å²) in [5.74, 6) is -0.713. The molecule has 0 amide bonds. The first-order chi connectivity index (χ1) is 7.69. The molecule has 1 aliphatic heterocycles. The standard InChI is InChI=1S/C12H23NO3/c1-3-10(4-2)13-7-8-16-9-11(13)5-6-12(14)15/h10-11H,3-9H2,1-2H3,(H,14,15)/t11-/m0/s1. The van der Waals surface area contributed by atoms with Crippen LogP contribution in [-0.2, 0) is 9.53 Å². The molecule has 1 fully saturated rings. The molecule has 0 spiro atoms. The van der Waals surface area contributed by atoms with Gasteiger partial charge in [-0.2, -0.15) is 0 Å². The van der Waals surface area contributed by atoms with E-state index >= 15 is 0 Å². The van der Waals surface area contributed by atoms with Crippen LogP contribution in [-0.4, -0.2) is 47.8 Å². The van der Waals surface area contributed by atoms with Crippen molar-refractivity contribution in [2.75, 3.05) is 19.8 Å². The number of carbonyl (C=O) groups is 1. The zero-order chi connectivity index (χ0) is 12.0. The number of carboxylic acid groups (broad SMARTS) is 1. The molecule has 1 rings (SSSR count). The third-order valence-corrected chi connectivity index (χ3v) is 3.38. The summed E-state index contributed by atoms with van der Waals surface area (Å²) in [4.78, 5) is 13.0. The maximum atomic E-state index is 10.6. The third kappa shape index (κ3) is 3.76. The molecular weight excluding hydrogens is 206 g/mol. The van der Waals surface area contributed by atoms with Crippen LogP contribution in [0.2, 0.25) is 0 Å². The number of aliphatic carboxylic acids is 1.